The van der Waals surface area contributed by atoms with E-state index in [2.05, 4.69) is 5.32 Å². The Labute approximate surface area is 130 Å². The summed E-state index contributed by atoms with van der Waals surface area (Å²) in [5.41, 5.74) is 1.10. The molecule has 2 aromatic rings. The Balaban J connectivity index is 1.82. The van der Waals surface area contributed by atoms with Gasteiger partial charge in [0.1, 0.15) is 17.3 Å². The Kier molecular flexibility index (Phi) is 5.61. The van der Waals surface area contributed by atoms with E-state index in [-0.39, 0.29) is 12.5 Å². The largest absolute Gasteiger partial charge is 0.484 e. The second-order valence-electron chi connectivity index (χ2n) is 5.34. The maximum Gasteiger partial charge on any atom is 0.259 e. The Morgan fingerprint density at radius 2 is 2.05 bits per heavy atom. The van der Waals surface area contributed by atoms with Crippen molar-refractivity contribution < 1.29 is 13.9 Å². The van der Waals surface area contributed by atoms with E-state index in [1.54, 1.807) is 14.1 Å². The van der Waals surface area contributed by atoms with Crippen LogP contribution >= 0.6 is 0 Å². The van der Waals surface area contributed by atoms with E-state index in [9.17, 15) is 4.79 Å². The van der Waals surface area contributed by atoms with Crippen molar-refractivity contribution in [3.63, 3.8) is 0 Å². The van der Waals surface area contributed by atoms with Gasteiger partial charge in [0.05, 0.1) is 6.54 Å². The topological polar surface area (TPSA) is 54.7 Å². The van der Waals surface area contributed by atoms with Crippen LogP contribution in [0.3, 0.4) is 0 Å². The summed E-state index contributed by atoms with van der Waals surface area (Å²) in [5, 5.41) is 3.32. The minimum atomic E-state index is -0.0586. The van der Waals surface area contributed by atoms with Crippen molar-refractivity contribution in [3.8, 4) is 5.75 Å². The van der Waals surface area contributed by atoms with Crippen molar-refractivity contribution in [1.82, 2.24) is 10.2 Å². The summed E-state index contributed by atoms with van der Waals surface area (Å²) in [6.45, 7) is 3.37. The molecule has 0 fully saturated rings. The van der Waals surface area contributed by atoms with Crippen molar-refractivity contribution >= 4 is 5.91 Å². The number of carbonyl (C=O) groups excluding carboxylic acids is 1. The molecule has 0 aliphatic heterocycles. The number of carbonyl (C=O) groups is 1. The van der Waals surface area contributed by atoms with Crippen LogP contribution in [-0.2, 0) is 17.9 Å². The number of furan rings is 1. The molecule has 0 spiro atoms. The summed E-state index contributed by atoms with van der Waals surface area (Å²) < 4.78 is 11.0. The number of hydrogen-bond acceptors (Lipinski definition) is 4. The van der Waals surface area contributed by atoms with E-state index in [4.69, 9.17) is 9.15 Å². The van der Waals surface area contributed by atoms with Gasteiger partial charge in [-0.2, -0.15) is 0 Å². The van der Waals surface area contributed by atoms with Crippen LogP contribution in [0.2, 0.25) is 0 Å². The molecule has 1 aromatic heterocycles. The van der Waals surface area contributed by atoms with Gasteiger partial charge in [0.2, 0.25) is 0 Å². The molecule has 1 aromatic carbocycles. The lowest BCUT2D eigenvalue weighted by Gasteiger charge is -2.12. The van der Waals surface area contributed by atoms with Crippen LogP contribution in [-0.4, -0.2) is 31.5 Å². The number of benzene rings is 1. The number of amides is 1. The summed E-state index contributed by atoms with van der Waals surface area (Å²) in [6, 6.07) is 11.6. The number of ether oxygens (including phenoxy) is 1. The summed E-state index contributed by atoms with van der Waals surface area (Å²) >= 11 is 0. The van der Waals surface area contributed by atoms with Crippen LogP contribution in [0.1, 0.15) is 17.1 Å². The van der Waals surface area contributed by atoms with Gasteiger partial charge in [-0.1, -0.05) is 12.1 Å². The Morgan fingerprint density at radius 1 is 1.23 bits per heavy atom. The predicted molar refractivity (Wildman–Crippen MR) is 84.6 cm³/mol. The molecule has 0 aliphatic carbocycles. The van der Waals surface area contributed by atoms with E-state index >= 15 is 0 Å². The highest BCUT2D eigenvalue weighted by molar-refractivity contribution is 5.77. The standard InChI is InChI=1S/C17H22N2O3/c1-13-7-8-16(22-13)11-18-10-14-5-4-6-15(9-14)21-12-17(20)19(2)3/h4-9,18H,10-12H2,1-3H3. The molecule has 0 radical (unpaired) electrons. The minimum absolute atomic E-state index is 0.0511. The Hall–Kier alpha value is -2.27. The molecule has 5 heteroatoms. The van der Waals surface area contributed by atoms with Gasteiger partial charge in [-0.25, -0.2) is 0 Å². The number of nitrogens with zero attached hydrogens (tertiary/aromatic N) is 1. The third-order valence-corrected chi connectivity index (χ3v) is 3.18. The maximum absolute atomic E-state index is 11.5. The van der Waals surface area contributed by atoms with E-state index in [0.717, 1.165) is 17.1 Å². The van der Waals surface area contributed by atoms with E-state index in [1.807, 2.05) is 43.3 Å². The lowest BCUT2D eigenvalue weighted by atomic mass is 10.2. The van der Waals surface area contributed by atoms with Crippen LogP contribution in [0.15, 0.2) is 40.8 Å². The zero-order chi connectivity index (χ0) is 15.9. The third kappa shape index (κ3) is 4.93. The van der Waals surface area contributed by atoms with E-state index < -0.39 is 0 Å². The van der Waals surface area contributed by atoms with Crippen molar-refractivity contribution in [1.29, 1.82) is 0 Å². The average molecular weight is 302 g/mol. The lowest BCUT2D eigenvalue weighted by molar-refractivity contribution is -0.130. The number of nitrogens with one attached hydrogen (secondary N) is 1. The van der Waals surface area contributed by atoms with E-state index in [0.29, 0.717) is 18.8 Å². The van der Waals surface area contributed by atoms with Crippen LogP contribution in [0.4, 0.5) is 0 Å². The normalized spacial score (nSPS) is 10.5. The molecule has 1 N–H and O–H groups in total. The van der Waals surface area contributed by atoms with Gasteiger partial charge < -0.3 is 19.4 Å². The molecule has 5 nitrogen and oxygen atoms in total. The van der Waals surface area contributed by atoms with Crippen molar-refractivity contribution in [2.45, 2.75) is 20.0 Å². The highest BCUT2D eigenvalue weighted by Gasteiger charge is 2.05. The van der Waals surface area contributed by atoms with Gasteiger partial charge in [0.15, 0.2) is 6.61 Å². The van der Waals surface area contributed by atoms with Crippen LogP contribution in [0.25, 0.3) is 0 Å². The summed E-state index contributed by atoms with van der Waals surface area (Å²) in [6.07, 6.45) is 0. The number of likely N-dealkylation sites (N-methyl/N-ethyl adjacent to an activating group) is 1. The fourth-order valence-corrected chi connectivity index (χ4v) is 1.93. The van der Waals surface area contributed by atoms with Crippen LogP contribution in [0.5, 0.6) is 5.75 Å². The highest BCUT2D eigenvalue weighted by Crippen LogP contribution is 2.13. The fourth-order valence-electron chi connectivity index (χ4n) is 1.93. The van der Waals surface area contributed by atoms with Crippen molar-refractivity contribution in [2.24, 2.45) is 0 Å². The smallest absolute Gasteiger partial charge is 0.259 e. The summed E-state index contributed by atoms with van der Waals surface area (Å²) in [7, 11) is 3.42. The molecular formula is C17H22N2O3. The van der Waals surface area contributed by atoms with Crippen LogP contribution < -0.4 is 10.1 Å². The molecule has 118 valence electrons. The fraction of sp³-hybridized carbons (Fsp3) is 0.353. The number of aryl methyl sites for hydroxylation is 1. The number of hydrogen-bond donors (Lipinski definition) is 1. The molecule has 0 unspecified atom stereocenters. The second kappa shape index (κ2) is 7.66. The summed E-state index contributed by atoms with van der Waals surface area (Å²) in [4.78, 5) is 13.0. The molecule has 1 heterocycles. The predicted octanol–water partition coefficient (Wildman–Crippen LogP) is 2.34. The SMILES string of the molecule is Cc1ccc(CNCc2cccc(OCC(=O)N(C)C)c2)o1. The first-order chi connectivity index (χ1) is 10.5. The first-order valence-corrected chi connectivity index (χ1v) is 7.22. The average Bonchev–Trinajstić information content (AvgIpc) is 2.90. The maximum atomic E-state index is 11.5. The lowest BCUT2D eigenvalue weighted by Crippen LogP contribution is -2.27. The molecule has 0 saturated carbocycles. The molecule has 0 atom stereocenters. The molecule has 0 bridgehead atoms. The molecule has 22 heavy (non-hydrogen) atoms. The zero-order valence-corrected chi connectivity index (χ0v) is 13.3. The first-order valence-electron chi connectivity index (χ1n) is 7.22. The quantitative estimate of drug-likeness (QED) is 0.853. The van der Waals surface area contributed by atoms with Gasteiger partial charge in [-0.15, -0.1) is 0 Å². The van der Waals surface area contributed by atoms with Crippen molar-refractivity contribution in [2.75, 3.05) is 20.7 Å². The molecule has 2 rings (SSSR count). The highest BCUT2D eigenvalue weighted by atomic mass is 16.5. The van der Waals surface area contributed by atoms with Crippen molar-refractivity contribution in [3.05, 3.63) is 53.5 Å². The third-order valence-electron chi connectivity index (χ3n) is 3.18. The van der Waals surface area contributed by atoms with Gasteiger partial charge in [0.25, 0.3) is 5.91 Å². The molecule has 0 aliphatic rings. The van der Waals surface area contributed by atoms with Gasteiger partial charge >= 0.3 is 0 Å². The molecule has 0 saturated heterocycles. The van der Waals surface area contributed by atoms with E-state index in [1.165, 1.54) is 4.90 Å². The van der Waals surface area contributed by atoms with Gasteiger partial charge in [-0.3, -0.25) is 4.79 Å². The molecular weight excluding hydrogens is 280 g/mol. The van der Waals surface area contributed by atoms with Gasteiger partial charge in [0, 0.05) is 20.6 Å². The molecule has 1 amide bonds. The number of rotatable bonds is 7. The Morgan fingerprint density at radius 3 is 2.73 bits per heavy atom. The minimum Gasteiger partial charge on any atom is -0.484 e. The summed E-state index contributed by atoms with van der Waals surface area (Å²) in [5.74, 6) is 2.47. The zero-order valence-electron chi connectivity index (χ0n) is 13.3. The first kappa shape index (κ1) is 16.1. The van der Waals surface area contributed by atoms with Crippen LogP contribution in [0, 0.1) is 6.92 Å². The second-order valence-corrected chi connectivity index (χ2v) is 5.34. The monoisotopic (exact) mass is 302 g/mol. The Bertz CT molecular complexity index is 620. The van der Waals surface area contributed by atoms with Gasteiger partial charge in [-0.05, 0) is 36.8 Å².